The molecule has 8 nitrogen and oxygen atoms in total. The first-order chi connectivity index (χ1) is 14.1. The number of hydrogen-bond acceptors (Lipinski definition) is 6. The number of hydroxylamine groups is 1. The number of benzene rings is 2. The van der Waals surface area contributed by atoms with E-state index in [4.69, 9.17) is 16.4 Å². The Morgan fingerprint density at radius 3 is 2.69 bits per heavy atom. The first-order valence-corrected chi connectivity index (χ1v) is 9.08. The van der Waals surface area contributed by atoms with Gasteiger partial charge in [0.1, 0.15) is 5.82 Å². The van der Waals surface area contributed by atoms with Crippen molar-refractivity contribution in [2.45, 2.75) is 0 Å². The Kier molecular flexibility index (Phi) is 5.28. The number of fused-ring (bicyclic) bond motifs is 1. The first-order valence-electron chi connectivity index (χ1n) is 8.71. The number of H-pyrrole nitrogens is 1. The van der Waals surface area contributed by atoms with Crippen LogP contribution in [0.3, 0.4) is 0 Å². The number of nitrogens with one attached hydrogen (secondary N) is 4. The molecule has 0 spiro atoms. The minimum Gasteiger partial charge on any atom is -0.353 e. The Labute approximate surface area is 171 Å². The standard InChI is InChI=1S/C20H17ClN6O2/c1-29-27-19(28)12-6-2-3-7-14(12)23-17-10-18(22-11-13(17)21)26-20-24-15-8-4-5-9-16(15)25-20/h2-11H,1H3,(H,27,28)(H3,22,23,24,25,26). The maximum absolute atomic E-state index is 12.2. The lowest BCUT2D eigenvalue weighted by Crippen LogP contribution is -2.22. The Morgan fingerprint density at radius 1 is 1.07 bits per heavy atom. The average molecular weight is 409 g/mol. The molecule has 2 aromatic heterocycles. The molecule has 0 aliphatic carbocycles. The van der Waals surface area contributed by atoms with Gasteiger partial charge in [0.25, 0.3) is 5.91 Å². The Bertz CT molecular complexity index is 1140. The van der Waals surface area contributed by atoms with Crippen molar-refractivity contribution in [2.24, 2.45) is 0 Å². The Balaban J connectivity index is 1.60. The van der Waals surface area contributed by atoms with E-state index in [1.807, 2.05) is 30.3 Å². The van der Waals surface area contributed by atoms with Gasteiger partial charge in [-0.05, 0) is 24.3 Å². The largest absolute Gasteiger partial charge is 0.353 e. The summed E-state index contributed by atoms with van der Waals surface area (Å²) in [6, 6.07) is 16.5. The number of carbonyl (C=O) groups is 1. The van der Waals surface area contributed by atoms with E-state index in [2.05, 4.69) is 31.1 Å². The van der Waals surface area contributed by atoms with E-state index in [9.17, 15) is 4.79 Å². The lowest BCUT2D eigenvalue weighted by Gasteiger charge is -2.13. The normalized spacial score (nSPS) is 10.7. The lowest BCUT2D eigenvalue weighted by molar-refractivity contribution is 0.0538. The second-order valence-electron chi connectivity index (χ2n) is 6.08. The summed E-state index contributed by atoms with van der Waals surface area (Å²) in [5.74, 6) is 0.725. The van der Waals surface area contributed by atoms with E-state index in [-0.39, 0.29) is 5.91 Å². The van der Waals surface area contributed by atoms with Gasteiger partial charge in [0.15, 0.2) is 0 Å². The van der Waals surface area contributed by atoms with Crippen LogP contribution in [0.25, 0.3) is 11.0 Å². The minimum absolute atomic E-state index is 0.374. The number of aromatic amines is 1. The van der Waals surface area contributed by atoms with Crippen molar-refractivity contribution in [3.63, 3.8) is 0 Å². The summed E-state index contributed by atoms with van der Waals surface area (Å²) in [5.41, 5.74) is 5.64. The molecule has 4 aromatic rings. The fraction of sp³-hybridized carbons (Fsp3) is 0.0500. The number of hydrogen-bond donors (Lipinski definition) is 4. The number of halogens is 1. The zero-order chi connectivity index (χ0) is 20.2. The summed E-state index contributed by atoms with van der Waals surface area (Å²) in [4.78, 5) is 28.9. The molecule has 2 heterocycles. The van der Waals surface area contributed by atoms with Crippen LogP contribution in [0.2, 0.25) is 5.02 Å². The number of rotatable bonds is 6. The van der Waals surface area contributed by atoms with Crippen LogP contribution < -0.4 is 16.1 Å². The Hall–Kier alpha value is -3.62. The summed E-state index contributed by atoms with van der Waals surface area (Å²) in [6.07, 6.45) is 1.52. The fourth-order valence-electron chi connectivity index (χ4n) is 2.82. The van der Waals surface area contributed by atoms with Crippen molar-refractivity contribution in [3.8, 4) is 0 Å². The number of aromatic nitrogens is 3. The second kappa shape index (κ2) is 8.17. The van der Waals surface area contributed by atoms with Gasteiger partial charge in [0, 0.05) is 6.07 Å². The number of anilines is 4. The molecular weight excluding hydrogens is 392 g/mol. The molecular formula is C20H17ClN6O2. The van der Waals surface area contributed by atoms with Crippen LogP contribution in [0.15, 0.2) is 60.8 Å². The van der Waals surface area contributed by atoms with Crippen molar-refractivity contribution in [2.75, 3.05) is 17.7 Å². The van der Waals surface area contributed by atoms with Crippen molar-refractivity contribution in [1.82, 2.24) is 20.4 Å². The molecule has 0 atom stereocenters. The molecule has 1 amide bonds. The molecule has 0 bridgehead atoms. The number of nitrogens with zero attached hydrogens (tertiary/aromatic N) is 2. The monoisotopic (exact) mass is 408 g/mol. The van der Waals surface area contributed by atoms with E-state index >= 15 is 0 Å². The van der Waals surface area contributed by atoms with Gasteiger partial charge in [-0.15, -0.1) is 0 Å². The van der Waals surface area contributed by atoms with E-state index < -0.39 is 0 Å². The molecule has 9 heteroatoms. The molecule has 4 rings (SSSR count). The van der Waals surface area contributed by atoms with Gasteiger partial charge in [-0.1, -0.05) is 35.9 Å². The number of imidazole rings is 1. The summed E-state index contributed by atoms with van der Waals surface area (Å²) in [7, 11) is 1.38. The smallest absolute Gasteiger partial charge is 0.276 e. The van der Waals surface area contributed by atoms with E-state index in [0.717, 1.165) is 11.0 Å². The van der Waals surface area contributed by atoms with E-state index in [0.29, 0.717) is 33.7 Å². The van der Waals surface area contributed by atoms with Crippen LogP contribution in [0.1, 0.15) is 10.4 Å². The highest BCUT2D eigenvalue weighted by Gasteiger charge is 2.13. The number of amides is 1. The highest BCUT2D eigenvalue weighted by atomic mass is 35.5. The Morgan fingerprint density at radius 2 is 1.86 bits per heavy atom. The van der Waals surface area contributed by atoms with Gasteiger partial charge in [-0.25, -0.2) is 15.4 Å². The van der Waals surface area contributed by atoms with Gasteiger partial charge in [-0.3, -0.25) is 9.63 Å². The maximum atomic E-state index is 12.2. The molecule has 4 N–H and O–H groups in total. The predicted octanol–water partition coefficient (Wildman–Crippen LogP) is 4.39. The van der Waals surface area contributed by atoms with Crippen molar-refractivity contribution >= 4 is 51.7 Å². The zero-order valence-corrected chi connectivity index (χ0v) is 16.1. The van der Waals surface area contributed by atoms with Crippen LogP contribution in [-0.2, 0) is 4.84 Å². The molecule has 2 aromatic carbocycles. The molecule has 0 aliphatic rings. The summed E-state index contributed by atoms with van der Waals surface area (Å²) >= 11 is 6.30. The van der Waals surface area contributed by atoms with Crippen LogP contribution in [-0.4, -0.2) is 28.0 Å². The molecule has 146 valence electrons. The highest BCUT2D eigenvalue weighted by Crippen LogP contribution is 2.29. The van der Waals surface area contributed by atoms with Gasteiger partial charge in [0.2, 0.25) is 5.95 Å². The molecule has 0 fully saturated rings. The SMILES string of the molecule is CONC(=O)c1ccccc1Nc1cc(Nc2nc3ccccc3[nH]2)ncc1Cl. The van der Waals surface area contributed by atoms with Crippen LogP contribution in [0.5, 0.6) is 0 Å². The summed E-state index contributed by atoms with van der Waals surface area (Å²) < 4.78 is 0. The van der Waals surface area contributed by atoms with Crippen LogP contribution in [0.4, 0.5) is 23.1 Å². The summed E-state index contributed by atoms with van der Waals surface area (Å²) in [5, 5.41) is 6.71. The van der Waals surface area contributed by atoms with Gasteiger partial charge < -0.3 is 15.6 Å². The molecule has 0 unspecified atom stereocenters. The minimum atomic E-state index is -0.374. The van der Waals surface area contributed by atoms with Crippen molar-refractivity contribution in [1.29, 1.82) is 0 Å². The van der Waals surface area contributed by atoms with Crippen LogP contribution in [0, 0.1) is 0 Å². The zero-order valence-electron chi connectivity index (χ0n) is 15.4. The second-order valence-corrected chi connectivity index (χ2v) is 6.49. The third-order valence-corrected chi connectivity index (χ3v) is 4.43. The first kappa shape index (κ1) is 18.7. The fourth-order valence-corrected chi connectivity index (χ4v) is 2.97. The van der Waals surface area contributed by atoms with Crippen molar-refractivity contribution in [3.05, 3.63) is 71.4 Å². The van der Waals surface area contributed by atoms with E-state index in [1.165, 1.54) is 13.3 Å². The third kappa shape index (κ3) is 4.13. The summed E-state index contributed by atoms with van der Waals surface area (Å²) in [6.45, 7) is 0. The molecule has 0 aliphatic heterocycles. The third-order valence-electron chi connectivity index (χ3n) is 4.13. The molecule has 0 radical (unpaired) electrons. The molecule has 29 heavy (non-hydrogen) atoms. The quantitative estimate of drug-likeness (QED) is 0.353. The maximum Gasteiger partial charge on any atom is 0.276 e. The van der Waals surface area contributed by atoms with Gasteiger partial charge in [0.05, 0.1) is 46.3 Å². The topological polar surface area (TPSA) is 104 Å². The molecule has 0 saturated carbocycles. The number of pyridine rings is 1. The number of carbonyl (C=O) groups excluding carboxylic acids is 1. The van der Waals surface area contributed by atoms with E-state index in [1.54, 1.807) is 24.3 Å². The number of para-hydroxylation sites is 3. The highest BCUT2D eigenvalue weighted by molar-refractivity contribution is 6.33. The van der Waals surface area contributed by atoms with Crippen LogP contribution >= 0.6 is 11.6 Å². The molecule has 0 saturated heterocycles. The van der Waals surface area contributed by atoms with Gasteiger partial charge in [-0.2, -0.15) is 0 Å². The lowest BCUT2D eigenvalue weighted by atomic mass is 10.1. The van der Waals surface area contributed by atoms with Gasteiger partial charge >= 0.3 is 0 Å². The van der Waals surface area contributed by atoms with Crippen molar-refractivity contribution < 1.29 is 9.63 Å². The predicted molar refractivity (Wildman–Crippen MR) is 113 cm³/mol. The average Bonchev–Trinajstić information content (AvgIpc) is 3.13.